The molecule has 0 rings (SSSR count). The first-order valence-electron chi connectivity index (χ1n) is 5.76. The molecule has 0 aliphatic rings. The molecule has 0 bridgehead atoms. The Hall–Kier alpha value is -1.44. The fourth-order valence-corrected chi connectivity index (χ4v) is 1.95. The third kappa shape index (κ3) is 8.30. The van der Waals surface area contributed by atoms with Gasteiger partial charge in [0.1, 0.15) is 6.04 Å². The quantitative estimate of drug-likeness (QED) is 0.507. The minimum absolute atomic E-state index is 0.0248. The molecule has 110 valence electrons. The van der Waals surface area contributed by atoms with Crippen molar-refractivity contribution in [3.63, 3.8) is 0 Å². The van der Waals surface area contributed by atoms with E-state index in [1.165, 1.54) is 11.8 Å². The Bertz CT molecular complexity index is 347. The summed E-state index contributed by atoms with van der Waals surface area (Å²) < 4.78 is 0. The average molecular weight is 291 g/mol. The van der Waals surface area contributed by atoms with Crippen LogP contribution in [0.1, 0.15) is 26.7 Å². The molecule has 0 aliphatic heterocycles. The summed E-state index contributed by atoms with van der Waals surface area (Å²) in [7, 11) is 0. The van der Waals surface area contributed by atoms with Crippen molar-refractivity contribution in [1.29, 1.82) is 0 Å². The maximum Gasteiger partial charge on any atom is 0.326 e. The molecular weight excluding hydrogens is 270 g/mol. The number of carboxylic acids is 1. The molecule has 0 aromatic heterocycles. The monoisotopic (exact) mass is 291 g/mol. The Labute approximate surface area is 116 Å². The molecule has 1 atom stereocenters. The van der Waals surface area contributed by atoms with E-state index in [2.05, 4.69) is 10.6 Å². The summed E-state index contributed by atoms with van der Waals surface area (Å²) >= 11 is 1.50. The summed E-state index contributed by atoms with van der Waals surface area (Å²) in [4.78, 5) is 33.5. The Morgan fingerprint density at radius 1 is 1.37 bits per heavy atom. The van der Waals surface area contributed by atoms with Gasteiger partial charge in [0.05, 0.1) is 0 Å². The van der Waals surface area contributed by atoms with E-state index >= 15 is 0 Å². The van der Waals surface area contributed by atoms with Crippen molar-refractivity contribution in [3.8, 4) is 0 Å². The number of primary amides is 1. The SMILES string of the molecule is CSCC[C@H](NC(=O)NC(C)(C)CC(N)=O)C(=O)O. The standard InChI is InChI=1S/C11H21N3O4S/c1-11(2,6-8(12)15)14-10(18)13-7(9(16)17)4-5-19-3/h7H,4-6H2,1-3H3,(H2,12,15)(H,16,17)(H2,13,14,18)/t7-/m0/s1. The van der Waals surface area contributed by atoms with E-state index < -0.39 is 29.5 Å². The average Bonchev–Trinajstić information content (AvgIpc) is 2.20. The minimum atomic E-state index is -1.09. The number of amides is 3. The number of rotatable bonds is 8. The van der Waals surface area contributed by atoms with Gasteiger partial charge in [-0.15, -0.1) is 0 Å². The molecule has 0 heterocycles. The lowest BCUT2D eigenvalue weighted by atomic mass is 10.0. The van der Waals surface area contributed by atoms with Gasteiger partial charge in [-0.05, 0) is 32.3 Å². The van der Waals surface area contributed by atoms with E-state index in [-0.39, 0.29) is 6.42 Å². The highest BCUT2D eigenvalue weighted by Crippen LogP contribution is 2.07. The van der Waals surface area contributed by atoms with Gasteiger partial charge in [-0.2, -0.15) is 11.8 Å². The number of nitrogens with two attached hydrogens (primary N) is 1. The van der Waals surface area contributed by atoms with Crippen LogP contribution >= 0.6 is 11.8 Å². The number of hydrogen-bond acceptors (Lipinski definition) is 4. The second kappa shape index (κ2) is 7.88. The fraction of sp³-hybridized carbons (Fsp3) is 0.727. The maximum atomic E-state index is 11.7. The van der Waals surface area contributed by atoms with Gasteiger partial charge >= 0.3 is 12.0 Å². The Kier molecular flexibility index (Phi) is 7.28. The van der Waals surface area contributed by atoms with E-state index in [4.69, 9.17) is 10.8 Å². The largest absolute Gasteiger partial charge is 0.480 e. The highest BCUT2D eigenvalue weighted by Gasteiger charge is 2.25. The van der Waals surface area contributed by atoms with E-state index in [1.807, 2.05) is 6.26 Å². The molecule has 19 heavy (non-hydrogen) atoms. The summed E-state index contributed by atoms with van der Waals surface area (Å²) in [6.07, 6.45) is 2.16. The summed E-state index contributed by atoms with van der Waals surface area (Å²) in [6.45, 7) is 3.27. The van der Waals surface area contributed by atoms with E-state index in [1.54, 1.807) is 13.8 Å². The molecule has 3 amide bonds. The Morgan fingerprint density at radius 2 is 1.95 bits per heavy atom. The third-order valence-electron chi connectivity index (χ3n) is 2.28. The normalized spacial score (nSPS) is 12.6. The second-order valence-electron chi connectivity index (χ2n) is 4.80. The number of nitrogens with one attached hydrogen (secondary N) is 2. The zero-order valence-electron chi connectivity index (χ0n) is 11.4. The van der Waals surface area contributed by atoms with Crippen molar-refractivity contribution in [2.45, 2.75) is 38.3 Å². The molecular formula is C11H21N3O4S. The molecule has 0 spiro atoms. The first-order chi connectivity index (χ1) is 8.68. The zero-order valence-corrected chi connectivity index (χ0v) is 12.2. The molecule has 0 aromatic carbocycles. The highest BCUT2D eigenvalue weighted by atomic mass is 32.2. The predicted molar refractivity (Wildman–Crippen MR) is 74.0 cm³/mol. The van der Waals surface area contributed by atoms with Crippen LogP contribution < -0.4 is 16.4 Å². The number of carbonyl (C=O) groups excluding carboxylic acids is 2. The molecule has 0 saturated carbocycles. The van der Waals surface area contributed by atoms with E-state index in [0.29, 0.717) is 12.2 Å². The van der Waals surface area contributed by atoms with Crippen molar-refractivity contribution in [3.05, 3.63) is 0 Å². The van der Waals surface area contributed by atoms with Gasteiger partial charge in [-0.3, -0.25) is 4.79 Å². The molecule has 0 radical (unpaired) electrons. The van der Waals surface area contributed by atoms with Crippen molar-refractivity contribution < 1.29 is 19.5 Å². The predicted octanol–water partition coefficient (Wildman–Crippen LogP) is 0.146. The summed E-state index contributed by atoms with van der Waals surface area (Å²) in [5.74, 6) is -0.999. The minimum Gasteiger partial charge on any atom is -0.480 e. The molecule has 0 aromatic rings. The summed E-state index contributed by atoms with van der Waals surface area (Å²) in [5, 5.41) is 13.9. The third-order valence-corrected chi connectivity index (χ3v) is 2.93. The van der Waals surface area contributed by atoms with Crippen LogP contribution in [0.4, 0.5) is 4.79 Å². The summed E-state index contributed by atoms with van der Waals surface area (Å²) in [6, 6.07) is -1.57. The topological polar surface area (TPSA) is 122 Å². The molecule has 0 aliphatic carbocycles. The Morgan fingerprint density at radius 3 is 2.37 bits per heavy atom. The van der Waals surface area contributed by atoms with Crippen molar-refractivity contribution in [2.24, 2.45) is 5.73 Å². The summed E-state index contributed by atoms with van der Waals surface area (Å²) in [5.41, 5.74) is 4.24. The molecule has 8 heteroatoms. The fourth-order valence-electron chi connectivity index (χ4n) is 1.47. The number of urea groups is 1. The number of carbonyl (C=O) groups is 3. The lowest BCUT2D eigenvalue weighted by molar-refractivity contribution is -0.139. The van der Waals surface area contributed by atoms with Crippen LogP contribution in [0.2, 0.25) is 0 Å². The van der Waals surface area contributed by atoms with Gasteiger partial charge < -0.3 is 21.5 Å². The van der Waals surface area contributed by atoms with Crippen LogP contribution in [0.25, 0.3) is 0 Å². The number of aliphatic carboxylic acids is 1. The van der Waals surface area contributed by atoms with Gasteiger partial charge in [0.25, 0.3) is 0 Å². The lowest BCUT2D eigenvalue weighted by Crippen LogP contribution is -2.53. The first-order valence-corrected chi connectivity index (χ1v) is 7.16. The van der Waals surface area contributed by atoms with Gasteiger partial charge in [0.15, 0.2) is 0 Å². The molecule has 0 saturated heterocycles. The van der Waals surface area contributed by atoms with Crippen LogP contribution in [0, 0.1) is 0 Å². The molecule has 5 N–H and O–H groups in total. The zero-order chi connectivity index (χ0) is 15.1. The molecule has 7 nitrogen and oxygen atoms in total. The van der Waals surface area contributed by atoms with E-state index in [0.717, 1.165) is 0 Å². The van der Waals surface area contributed by atoms with Crippen LogP contribution in [-0.4, -0.2) is 46.6 Å². The second-order valence-corrected chi connectivity index (χ2v) is 5.78. The van der Waals surface area contributed by atoms with Crippen molar-refractivity contribution >= 4 is 29.7 Å². The first kappa shape index (κ1) is 17.6. The maximum absolute atomic E-state index is 11.7. The molecule has 0 fully saturated rings. The van der Waals surface area contributed by atoms with Gasteiger partial charge in [-0.25, -0.2) is 9.59 Å². The lowest BCUT2D eigenvalue weighted by Gasteiger charge is -2.26. The van der Waals surface area contributed by atoms with Crippen LogP contribution in [-0.2, 0) is 9.59 Å². The highest BCUT2D eigenvalue weighted by molar-refractivity contribution is 7.98. The van der Waals surface area contributed by atoms with Crippen LogP contribution in [0.5, 0.6) is 0 Å². The van der Waals surface area contributed by atoms with Gasteiger partial charge in [0, 0.05) is 12.0 Å². The Balaban J connectivity index is 4.40. The van der Waals surface area contributed by atoms with Crippen LogP contribution in [0.3, 0.4) is 0 Å². The number of thioether (sulfide) groups is 1. The van der Waals surface area contributed by atoms with Crippen molar-refractivity contribution in [2.75, 3.05) is 12.0 Å². The van der Waals surface area contributed by atoms with E-state index in [9.17, 15) is 14.4 Å². The number of hydrogen-bond donors (Lipinski definition) is 4. The molecule has 0 unspecified atom stereocenters. The van der Waals surface area contributed by atoms with Crippen LogP contribution in [0.15, 0.2) is 0 Å². The van der Waals surface area contributed by atoms with Gasteiger partial charge in [-0.1, -0.05) is 0 Å². The number of carboxylic acid groups (broad SMARTS) is 1. The van der Waals surface area contributed by atoms with Gasteiger partial charge in [0.2, 0.25) is 5.91 Å². The smallest absolute Gasteiger partial charge is 0.326 e. The van der Waals surface area contributed by atoms with Crippen molar-refractivity contribution in [1.82, 2.24) is 10.6 Å².